The van der Waals surface area contributed by atoms with E-state index in [2.05, 4.69) is 23.7 Å². The molecule has 10 heteroatoms. The SMILES string of the molecule is CCN(CC)CCCN1C(=O)C(O)=C(C(=O)c2sc(C)nc2C)[C@H]1c1ccc([N+](=O)[O-])cc1. The lowest BCUT2D eigenvalue weighted by Crippen LogP contribution is -2.34. The van der Waals surface area contributed by atoms with Gasteiger partial charge in [0.15, 0.2) is 5.76 Å². The van der Waals surface area contributed by atoms with Crippen molar-refractivity contribution in [3.05, 3.63) is 66.9 Å². The van der Waals surface area contributed by atoms with E-state index in [1.54, 1.807) is 13.8 Å². The number of aromatic nitrogens is 1. The van der Waals surface area contributed by atoms with Gasteiger partial charge < -0.3 is 14.9 Å². The number of non-ortho nitro benzene ring substituents is 1. The molecule has 1 atom stereocenters. The first-order valence-electron chi connectivity index (χ1n) is 10.9. The maximum absolute atomic E-state index is 13.5. The van der Waals surface area contributed by atoms with E-state index in [-0.39, 0.29) is 11.3 Å². The number of carbonyl (C=O) groups excluding carboxylic acids is 2. The van der Waals surface area contributed by atoms with Crippen LogP contribution >= 0.6 is 11.3 Å². The Morgan fingerprint density at radius 3 is 2.39 bits per heavy atom. The molecule has 0 saturated heterocycles. The second kappa shape index (κ2) is 10.2. The third-order valence-electron chi connectivity index (χ3n) is 5.85. The number of aliphatic hydroxyl groups is 1. The van der Waals surface area contributed by atoms with Crippen molar-refractivity contribution in [2.75, 3.05) is 26.2 Å². The predicted octanol–water partition coefficient (Wildman–Crippen LogP) is 3.98. The number of carbonyl (C=O) groups is 2. The number of Topliss-reactive ketones (excluding diaryl/α,β-unsaturated/α-hetero) is 1. The number of aryl methyl sites for hydroxylation is 2. The zero-order chi connectivity index (χ0) is 24.3. The first-order valence-corrected chi connectivity index (χ1v) is 11.7. The number of aliphatic hydroxyl groups excluding tert-OH is 1. The highest BCUT2D eigenvalue weighted by atomic mass is 32.1. The summed E-state index contributed by atoms with van der Waals surface area (Å²) >= 11 is 1.21. The fourth-order valence-corrected chi connectivity index (χ4v) is 4.98. The van der Waals surface area contributed by atoms with Gasteiger partial charge in [-0.2, -0.15) is 0 Å². The summed E-state index contributed by atoms with van der Waals surface area (Å²) in [6, 6.07) is 4.92. The van der Waals surface area contributed by atoms with Crippen molar-refractivity contribution in [2.45, 2.75) is 40.2 Å². The van der Waals surface area contributed by atoms with Crippen LogP contribution in [-0.2, 0) is 4.79 Å². The van der Waals surface area contributed by atoms with Gasteiger partial charge in [0.05, 0.1) is 32.1 Å². The number of amides is 1. The minimum absolute atomic E-state index is 0.0107. The van der Waals surface area contributed by atoms with Gasteiger partial charge >= 0.3 is 0 Å². The molecule has 1 aliphatic rings. The number of hydrogen-bond acceptors (Lipinski definition) is 8. The molecule has 33 heavy (non-hydrogen) atoms. The van der Waals surface area contributed by atoms with Gasteiger partial charge in [0.2, 0.25) is 5.78 Å². The van der Waals surface area contributed by atoms with Gasteiger partial charge in [0.1, 0.15) is 0 Å². The van der Waals surface area contributed by atoms with E-state index in [0.717, 1.165) is 19.6 Å². The van der Waals surface area contributed by atoms with E-state index in [4.69, 9.17) is 0 Å². The molecule has 0 saturated carbocycles. The number of ketones is 1. The van der Waals surface area contributed by atoms with E-state index >= 15 is 0 Å². The molecule has 2 aromatic rings. The summed E-state index contributed by atoms with van der Waals surface area (Å²) in [7, 11) is 0. The Morgan fingerprint density at radius 2 is 1.88 bits per heavy atom. The standard InChI is InChI=1S/C23H28N4O5S/c1-5-25(6-2)12-7-13-26-19(16-8-10-17(11-9-16)27(31)32)18(21(29)23(26)30)20(28)22-14(3)24-15(4)33-22/h8-11,19,29H,5-7,12-13H2,1-4H3/t19-/m1/s1. The second-order valence-electron chi connectivity index (χ2n) is 7.87. The lowest BCUT2D eigenvalue weighted by Gasteiger charge is -2.28. The average Bonchev–Trinajstić information content (AvgIpc) is 3.26. The molecule has 2 heterocycles. The number of thiazole rings is 1. The minimum atomic E-state index is -0.829. The van der Waals surface area contributed by atoms with Crippen LogP contribution in [0.4, 0.5) is 5.69 Å². The van der Waals surface area contributed by atoms with Crippen molar-refractivity contribution in [1.82, 2.24) is 14.8 Å². The van der Waals surface area contributed by atoms with Crippen LogP contribution in [0.2, 0.25) is 0 Å². The molecular weight excluding hydrogens is 444 g/mol. The smallest absolute Gasteiger partial charge is 0.290 e. The molecule has 0 fully saturated rings. The Hall–Kier alpha value is -3.11. The number of benzene rings is 1. The van der Waals surface area contributed by atoms with E-state index < -0.39 is 28.4 Å². The molecule has 0 aliphatic carbocycles. The maximum atomic E-state index is 13.5. The van der Waals surface area contributed by atoms with Crippen molar-refractivity contribution < 1.29 is 19.6 Å². The molecule has 1 amide bonds. The Labute approximate surface area is 196 Å². The van der Waals surface area contributed by atoms with Gasteiger partial charge in [0.25, 0.3) is 11.6 Å². The van der Waals surface area contributed by atoms with E-state index in [9.17, 15) is 24.8 Å². The number of nitro groups is 1. The fourth-order valence-electron chi connectivity index (χ4n) is 4.11. The molecule has 1 N–H and O–H groups in total. The number of nitrogens with zero attached hydrogens (tertiary/aromatic N) is 4. The summed E-state index contributed by atoms with van der Waals surface area (Å²) in [6.45, 7) is 10.5. The molecule has 0 bridgehead atoms. The molecule has 1 aromatic heterocycles. The van der Waals surface area contributed by atoms with Crippen LogP contribution in [0, 0.1) is 24.0 Å². The molecule has 0 radical (unpaired) electrons. The van der Waals surface area contributed by atoms with Gasteiger partial charge in [-0.15, -0.1) is 11.3 Å². The van der Waals surface area contributed by atoms with Crippen LogP contribution in [0.25, 0.3) is 0 Å². The summed E-state index contributed by atoms with van der Waals surface area (Å²) in [6.07, 6.45) is 0.657. The lowest BCUT2D eigenvalue weighted by atomic mass is 9.95. The predicted molar refractivity (Wildman–Crippen MR) is 126 cm³/mol. The molecule has 1 aliphatic heterocycles. The van der Waals surface area contributed by atoms with Gasteiger partial charge in [-0.05, 0) is 57.6 Å². The average molecular weight is 473 g/mol. The van der Waals surface area contributed by atoms with E-state index in [1.807, 2.05) is 0 Å². The summed E-state index contributed by atoms with van der Waals surface area (Å²) < 4.78 is 0. The zero-order valence-corrected chi connectivity index (χ0v) is 20.0. The molecule has 3 rings (SSSR count). The Balaban J connectivity index is 2.00. The van der Waals surface area contributed by atoms with Crippen LogP contribution < -0.4 is 0 Å². The van der Waals surface area contributed by atoms with E-state index in [0.29, 0.717) is 34.1 Å². The van der Waals surface area contributed by atoms with Crippen molar-refractivity contribution in [2.24, 2.45) is 0 Å². The number of rotatable bonds is 10. The molecule has 176 valence electrons. The number of hydrogen-bond donors (Lipinski definition) is 1. The maximum Gasteiger partial charge on any atom is 0.290 e. The van der Waals surface area contributed by atoms with Crippen molar-refractivity contribution in [3.8, 4) is 0 Å². The lowest BCUT2D eigenvalue weighted by molar-refractivity contribution is -0.384. The summed E-state index contributed by atoms with van der Waals surface area (Å²) in [5.41, 5.74) is 0.968. The van der Waals surface area contributed by atoms with Gasteiger partial charge in [-0.1, -0.05) is 13.8 Å². The zero-order valence-electron chi connectivity index (χ0n) is 19.2. The van der Waals surface area contributed by atoms with Gasteiger partial charge in [-0.3, -0.25) is 19.7 Å². The van der Waals surface area contributed by atoms with Crippen LogP contribution in [0.15, 0.2) is 35.6 Å². The first-order chi connectivity index (χ1) is 15.7. The molecule has 1 aromatic carbocycles. The second-order valence-corrected chi connectivity index (χ2v) is 9.07. The van der Waals surface area contributed by atoms with E-state index in [1.165, 1.54) is 40.5 Å². The van der Waals surface area contributed by atoms with Gasteiger partial charge in [-0.25, -0.2) is 4.98 Å². The Kier molecular flexibility index (Phi) is 7.60. The highest BCUT2D eigenvalue weighted by Crippen LogP contribution is 2.40. The number of nitro benzene ring substituents is 1. The molecule has 0 unspecified atom stereocenters. The van der Waals surface area contributed by atoms with Crippen molar-refractivity contribution >= 4 is 28.7 Å². The fraction of sp³-hybridized carbons (Fsp3) is 0.435. The van der Waals surface area contributed by atoms with Crippen molar-refractivity contribution in [1.29, 1.82) is 0 Å². The first kappa shape index (κ1) is 24.5. The quantitative estimate of drug-likeness (QED) is 0.316. The molecular formula is C23H28N4O5S. The van der Waals surface area contributed by atoms with Gasteiger partial charge in [0, 0.05) is 18.7 Å². The Bertz CT molecular complexity index is 1090. The van der Waals surface area contributed by atoms with Crippen molar-refractivity contribution in [3.63, 3.8) is 0 Å². The summed E-state index contributed by atoms with van der Waals surface area (Å²) in [5.74, 6) is -1.63. The third kappa shape index (κ3) is 4.96. The monoisotopic (exact) mass is 472 g/mol. The summed E-state index contributed by atoms with van der Waals surface area (Å²) in [4.78, 5) is 45.5. The highest BCUT2D eigenvalue weighted by Gasteiger charge is 2.44. The van der Waals surface area contributed by atoms with Crippen LogP contribution in [0.3, 0.4) is 0 Å². The Morgan fingerprint density at radius 1 is 1.24 bits per heavy atom. The molecule has 9 nitrogen and oxygen atoms in total. The minimum Gasteiger partial charge on any atom is -0.503 e. The van der Waals surface area contributed by atoms with Crippen LogP contribution in [0.1, 0.15) is 52.2 Å². The largest absolute Gasteiger partial charge is 0.503 e. The summed E-state index contributed by atoms with van der Waals surface area (Å²) in [5, 5.41) is 22.6. The third-order valence-corrected chi connectivity index (χ3v) is 6.92. The topological polar surface area (TPSA) is 117 Å². The highest BCUT2D eigenvalue weighted by molar-refractivity contribution is 7.14. The van der Waals surface area contributed by atoms with Crippen LogP contribution in [-0.4, -0.2) is 62.7 Å². The van der Waals surface area contributed by atoms with Crippen LogP contribution in [0.5, 0.6) is 0 Å². The molecule has 0 spiro atoms. The normalized spacial score (nSPS) is 16.2.